The molecule has 3 aromatic carbocycles. The van der Waals surface area contributed by atoms with Gasteiger partial charge in [-0.05, 0) is 60.9 Å². The van der Waals surface area contributed by atoms with Gasteiger partial charge in [-0.3, -0.25) is 9.59 Å². The van der Waals surface area contributed by atoms with E-state index in [0.717, 1.165) is 23.6 Å². The first-order chi connectivity index (χ1) is 18.9. The van der Waals surface area contributed by atoms with E-state index in [1.54, 1.807) is 36.4 Å². The largest absolute Gasteiger partial charge is 0.348 e. The molecule has 3 aromatic rings. The Bertz CT molecular complexity index is 1520. The highest BCUT2D eigenvalue weighted by molar-refractivity contribution is 7.89. The summed E-state index contributed by atoms with van der Waals surface area (Å²) in [5, 5.41) is 6.24. The molecule has 2 N–H and O–H groups in total. The average Bonchev–Trinajstić information content (AvgIpc) is 2.92. The van der Waals surface area contributed by atoms with Crippen molar-refractivity contribution >= 4 is 45.0 Å². The van der Waals surface area contributed by atoms with E-state index in [1.807, 2.05) is 0 Å². The molecule has 0 spiro atoms. The van der Waals surface area contributed by atoms with Gasteiger partial charge in [-0.15, -0.1) is 0 Å². The van der Waals surface area contributed by atoms with Gasteiger partial charge in [0.05, 0.1) is 21.0 Å². The van der Waals surface area contributed by atoms with Crippen LogP contribution in [0.4, 0.5) is 4.39 Å². The van der Waals surface area contributed by atoms with Crippen LogP contribution in [0.15, 0.2) is 65.6 Å². The number of hydrogen-bond donors (Lipinski definition) is 2. The van der Waals surface area contributed by atoms with Crippen LogP contribution in [-0.4, -0.2) is 38.6 Å². The Hall–Kier alpha value is -2.98. The standard InChI is InChI=1S/C29H30Cl2FN3O4S/c1-35(2)40(38,39)22-11-13-25(31)23(17-22)28(37)33-18-19-6-8-20(9-7-19)27(36)34-29(14-4-3-5-15-29)24-12-10-21(30)16-26(24)32/h6-13,16-17H,3-5,14-15,18H2,1-2H3,(H,33,37)(H,34,36). The van der Waals surface area contributed by atoms with Gasteiger partial charge in [0.25, 0.3) is 11.8 Å². The lowest BCUT2D eigenvalue weighted by Gasteiger charge is -2.39. The number of benzene rings is 3. The summed E-state index contributed by atoms with van der Waals surface area (Å²) < 4.78 is 40.8. The van der Waals surface area contributed by atoms with Gasteiger partial charge in [0.1, 0.15) is 5.82 Å². The number of nitrogens with zero attached hydrogens (tertiary/aromatic N) is 1. The predicted molar refractivity (Wildman–Crippen MR) is 154 cm³/mol. The van der Waals surface area contributed by atoms with Crippen LogP contribution in [0, 0.1) is 5.82 Å². The zero-order valence-electron chi connectivity index (χ0n) is 22.1. The van der Waals surface area contributed by atoms with Gasteiger partial charge < -0.3 is 10.6 Å². The summed E-state index contributed by atoms with van der Waals surface area (Å²) in [6, 6.07) is 15.2. The molecule has 4 rings (SSSR count). The van der Waals surface area contributed by atoms with Gasteiger partial charge in [0.2, 0.25) is 10.0 Å². The Morgan fingerprint density at radius 2 is 1.60 bits per heavy atom. The molecule has 0 saturated heterocycles. The second-order valence-corrected chi connectivity index (χ2v) is 13.0. The number of rotatable bonds is 8. The molecule has 1 saturated carbocycles. The summed E-state index contributed by atoms with van der Waals surface area (Å²) >= 11 is 12.1. The lowest BCUT2D eigenvalue weighted by Crippen LogP contribution is -2.47. The minimum atomic E-state index is -3.74. The van der Waals surface area contributed by atoms with Crippen LogP contribution in [-0.2, 0) is 22.1 Å². The first kappa shape index (κ1) is 30.0. The van der Waals surface area contributed by atoms with E-state index < -0.39 is 27.3 Å². The molecule has 2 amide bonds. The Balaban J connectivity index is 1.45. The van der Waals surface area contributed by atoms with Crippen LogP contribution in [0.2, 0.25) is 10.0 Å². The molecule has 0 aromatic heterocycles. The summed E-state index contributed by atoms with van der Waals surface area (Å²) in [6.07, 6.45) is 4.01. The van der Waals surface area contributed by atoms with E-state index in [4.69, 9.17) is 23.2 Å². The van der Waals surface area contributed by atoms with Crippen molar-refractivity contribution in [1.82, 2.24) is 14.9 Å². The first-order valence-corrected chi connectivity index (χ1v) is 15.0. The normalized spacial score (nSPS) is 15.1. The Morgan fingerprint density at radius 3 is 2.23 bits per heavy atom. The molecule has 0 radical (unpaired) electrons. The molecule has 1 aliphatic rings. The van der Waals surface area contributed by atoms with Crippen LogP contribution in [0.5, 0.6) is 0 Å². The van der Waals surface area contributed by atoms with Crippen molar-refractivity contribution in [2.45, 2.75) is 49.1 Å². The second-order valence-electron chi connectivity index (χ2n) is 10.0. The highest BCUT2D eigenvalue weighted by Crippen LogP contribution is 2.39. The van der Waals surface area contributed by atoms with Gasteiger partial charge in [-0.2, -0.15) is 0 Å². The fraction of sp³-hybridized carbons (Fsp3) is 0.310. The van der Waals surface area contributed by atoms with Crippen molar-refractivity contribution in [3.8, 4) is 0 Å². The number of carbonyl (C=O) groups is 2. The van der Waals surface area contributed by atoms with Crippen molar-refractivity contribution in [3.63, 3.8) is 0 Å². The number of sulfonamides is 1. The first-order valence-electron chi connectivity index (χ1n) is 12.8. The average molecular weight is 607 g/mol. The van der Waals surface area contributed by atoms with Crippen molar-refractivity contribution in [1.29, 1.82) is 0 Å². The lowest BCUT2D eigenvalue weighted by molar-refractivity contribution is 0.0862. The highest BCUT2D eigenvalue weighted by Gasteiger charge is 2.37. The third-order valence-corrected chi connectivity index (χ3v) is 9.51. The molecular formula is C29H30Cl2FN3O4S. The summed E-state index contributed by atoms with van der Waals surface area (Å²) in [7, 11) is -0.934. The fourth-order valence-electron chi connectivity index (χ4n) is 4.89. The Morgan fingerprint density at radius 1 is 0.925 bits per heavy atom. The maximum absolute atomic E-state index is 14.9. The molecule has 0 heterocycles. The molecular weight excluding hydrogens is 576 g/mol. The number of carbonyl (C=O) groups excluding carboxylic acids is 2. The molecule has 212 valence electrons. The maximum Gasteiger partial charge on any atom is 0.253 e. The molecule has 0 atom stereocenters. The van der Waals surface area contributed by atoms with Crippen molar-refractivity contribution in [2.75, 3.05) is 14.1 Å². The maximum atomic E-state index is 14.9. The summed E-state index contributed by atoms with van der Waals surface area (Å²) in [5.41, 5.74) is 0.774. The summed E-state index contributed by atoms with van der Waals surface area (Å²) in [4.78, 5) is 26.0. The molecule has 1 fully saturated rings. The topological polar surface area (TPSA) is 95.6 Å². The van der Waals surface area contributed by atoms with Gasteiger partial charge in [0, 0.05) is 36.8 Å². The fourth-order valence-corrected chi connectivity index (χ4v) is 6.18. The predicted octanol–water partition coefficient (Wildman–Crippen LogP) is 5.90. The van der Waals surface area contributed by atoms with Crippen LogP contribution in [0.3, 0.4) is 0 Å². The Labute approximate surface area is 243 Å². The molecule has 7 nitrogen and oxygen atoms in total. The van der Waals surface area contributed by atoms with Crippen LogP contribution >= 0.6 is 23.2 Å². The van der Waals surface area contributed by atoms with E-state index in [-0.39, 0.29) is 27.9 Å². The second kappa shape index (κ2) is 12.3. The summed E-state index contributed by atoms with van der Waals surface area (Å²) in [5.74, 6) is -1.30. The van der Waals surface area contributed by atoms with E-state index >= 15 is 0 Å². The van der Waals surface area contributed by atoms with Gasteiger partial charge >= 0.3 is 0 Å². The van der Waals surface area contributed by atoms with Crippen LogP contribution < -0.4 is 10.6 Å². The lowest BCUT2D eigenvalue weighted by atomic mass is 9.76. The van der Waals surface area contributed by atoms with E-state index in [9.17, 15) is 22.4 Å². The third kappa shape index (κ3) is 6.49. The number of nitrogens with one attached hydrogen (secondary N) is 2. The van der Waals surface area contributed by atoms with E-state index in [1.165, 1.54) is 38.4 Å². The van der Waals surface area contributed by atoms with Crippen molar-refractivity contribution < 1.29 is 22.4 Å². The number of hydrogen-bond acceptors (Lipinski definition) is 4. The smallest absolute Gasteiger partial charge is 0.253 e. The SMILES string of the molecule is CN(C)S(=O)(=O)c1ccc(Cl)c(C(=O)NCc2ccc(C(=O)NC3(c4ccc(Cl)cc4F)CCCCC3)cc2)c1. The number of halogens is 3. The zero-order valence-corrected chi connectivity index (χ0v) is 24.5. The molecule has 40 heavy (non-hydrogen) atoms. The van der Waals surface area contributed by atoms with Gasteiger partial charge in [-0.1, -0.05) is 60.7 Å². The Kier molecular flexibility index (Phi) is 9.19. The van der Waals surface area contributed by atoms with Crippen molar-refractivity contribution in [2.24, 2.45) is 0 Å². The van der Waals surface area contributed by atoms with Gasteiger partial charge in [0.15, 0.2) is 0 Å². The minimum absolute atomic E-state index is 0.0350. The molecule has 11 heteroatoms. The van der Waals surface area contributed by atoms with Crippen LogP contribution in [0.1, 0.15) is 63.9 Å². The monoisotopic (exact) mass is 605 g/mol. The highest BCUT2D eigenvalue weighted by atomic mass is 35.5. The molecule has 1 aliphatic carbocycles. The minimum Gasteiger partial charge on any atom is -0.348 e. The summed E-state index contributed by atoms with van der Waals surface area (Å²) in [6.45, 7) is 0.127. The number of amides is 2. The third-order valence-electron chi connectivity index (χ3n) is 7.14. The van der Waals surface area contributed by atoms with Gasteiger partial charge in [-0.25, -0.2) is 17.1 Å². The molecule has 0 aliphatic heterocycles. The molecule has 0 bridgehead atoms. The van der Waals surface area contributed by atoms with E-state index in [2.05, 4.69) is 10.6 Å². The van der Waals surface area contributed by atoms with Crippen molar-refractivity contribution in [3.05, 3.63) is 98.8 Å². The van der Waals surface area contributed by atoms with Crippen LogP contribution in [0.25, 0.3) is 0 Å². The van der Waals surface area contributed by atoms with E-state index in [0.29, 0.717) is 34.6 Å². The molecule has 0 unspecified atom stereocenters. The zero-order chi connectivity index (χ0) is 29.1. The quantitative estimate of drug-likeness (QED) is 0.334.